The molecule has 0 fully saturated rings. The van der Waals surface area contributed by atoms with Crippen molar-refractivity contribution >= 4 is 23.2 Å². The van der Waals surface area contributed by atoms with Gasteiger partial charge in [0.1, 0.15) is 0 Å². The van der Waals surface area contributed by atoms with E-state index < -0.39 is 0 Å². The fourth-order valence-electron chi connectivity index (χ4n) is 1.58. The van der Waals surface area contributed by atoms with Crippen LogP contribution in [0, 0.1) is 6.92 Å². The maximum Gasteiger partial charge on any atom is 0.0998 e. The van der Waals surface area contributed by atoms with Crippen molar-refractivity contribution in [3.8, 4) is 5.69 Å². The van der Waals surface area contributed by atoms with Crippen LogP contribution in [0.2, 0.25) is 10.0 Å². The monoisotopic (exact) mass is 284 g/mol. The number of aryl methyl sites for hydroxylation is 1. The standard InChI is InChI=1S/C12H14Cl2N4/c1-3-10(15)11-6-18(17-16-11)12-5-8(13)7(2)4-9(12)14/h4-6,10H,3,15H2,1-2H3. The highest BCUT2D eigenvalue weighted by atomic mass is 35.5. The molecule has 4 nitrogen and oxygen atoms in total. The third kappa shape index (κ3) is 2.51. The van der Waals surface area contributed by atoms with Crippen LogP contribution in [0.15, 0.2) is 18.3 Å². The van der Waals surface area contributed by atoms with E-state index in [1.807, 2.05) is 13.8 Å². The average molecular weight is 285 g/mol. The Balaban J connectivity index is 2.43. The van der Waals surface area contributed by atoms with Gasteiger partial charge in [-0.25, -0.2) is 4.68 Å². The molecular weight excluding hydrogens is 271 g/mol. The molecule has 18 heavy (non-hydrogen) atoms. The smallest absolute Gasteiger partial charge is 0.0998 e. The third-order valence-electron chi connectivity index (χ3n) is 2.81. The van der Waals surface area contributed by atoms with Crippen molar-refractivity contribution < 1.29 is 0 Å². The zero-order valence-corrected chi connectivity index (χ0v) is 11.7. The van der Waals surface area contributed by atoms with Gasteiger partial charge in [-0.2, -0.15) is 0 Å². The van der Waals surface area contributed by atoms with Crippen LogP contribution in [0.4, 0.5) is 0 Å². The molecule has 0 amide bonds. The SMILES string of the molecule is CCC(N)c1cn(-c2cc(Cl)c(C)cc2Cl)nn1. The molecule has 1 aromatic heterocycles. The molecule has 0 aliphatic rings. The summed E-state index contributed by atoms with van der Waals surface area (Å²) in [4.78, 5) is 0. The predicted octanol–water partition coefficient (Wildman–Crippen LogP) is 3.29. The lowest BCUT2D eigenvalue weighted by molar-refractivity contribution is 0.670. The van der Waals surface area contributed by atoms with Crippen molar-refractivity contribution in [2.24, 2.45) is 5.73 Å². The Labute approximate surface area is 116 Å². The third-order valence-corrected chi connectivity index (χ3v) is 3.52. The second-order valence-electron chi connectivity index (χ2n) is 4.16. The lowest BCUT2D eigenvalue weighted by Crippen LogP contribution is -2.08. The Morgan fingerprint density at radius 1 is 1.33 bits per heavy atom. The largest absolute Gasteiger partial charge is 0.323 e. The number of hydrogen-bond donors (Lipinski definition) is 1. The predicted molar refractivity (Wildman–Crippen MR) is 73.3 cm³/mol. The van der Waals surface area contributed by atoms with Gasteiger partial charge in [0.15, 0.2) is 0 Å². The molecule has 0 spiro atoms. The summed E-state index contributed by atoms with van der Waals surface area (Å²) >= 11 is 12.3. The Morgan fingerprint density at radius 3 is 2.72 bits per heavy atom. The summed E-state index contributed by atoms with van der Waals surface area (Å²) in [5, 5.41) is 9.30. The molecule has 0 radical (unpaired) electrons. The van der Waals surface area contributed by atoms with Crippen LogP contribution in [0.3, 0.4) is 0 Å². The molecule has 2 N–H and O–H groups in total. The molecule has 0 aliphatic carbocycles. The molecule has 0 saturated carbocycles. The first-order valence-corrected chi connectivity index (χ1v) is 6.42. The summed E-state index contributed by atoms with van der Waals surface area (Å²) in [7, 11) is 0. The van der Waals surface area contributed by atoms with Crippen LogP contribution in [-0.2, 0) is 0 Å². The minimum Gasteiger partial charge on any atom is -0.323 e. The number of rotatable bonds is 3. The number of hydrogen-bond acceptors (Lipinski definition) is 3. The molecule has 1 heterocycles. The zero-order chi connectivity index (χ0) is 13.3. The number of nitrogens with two attached hydrogens (primary N) is 1. The van der Waals surface area contributed by atoms with Crippen molar-refractivity contribution in [2.45, 2.75) is 26.3 Å². The van der Waals surface area contributed by atoms with E-state index >= 15 is 0 Å². The Kier molecular flexibility index (Phi) is 3.90. The van der Waals surface area contributed by atoms with Crippen molar-refractivity contribution in [1.82, 2.24) is 15.0 Å². The highest BCUT2D eigenvalue weighted by Crippen LogP contribution is 2.27. The van der Waals surface area contributed by atoms with Crippen molar-refractivity contribution in [2.75, 3.05) is 0 Å². The summed E-state index contributed by atoms with van der Waals surface area (Å²) < 4.78 is 1.60. The molecule has 0 bridgehead atoms. The lowest BCUT2D eigenvalue weighted by Gasteiger charge is -2.06. The van der Waals surface area contributed by atoms with E-state index in [0.717, 1.165) is 17.7 Å². The van der Waals surface area contributed by atoms with Gasteiger partial charge >= 0.3 is 0 Å². The van der Waals surface area contributed by atoms with E-state index in [0.29, 0.717) is 15.7 Å². The Bertz CT molecular complexity index is 565. The van der Waals surface area contributed by atoms with Gasteiger partial charge in [-0.05, 0) is 31.0 Å². The van der Waals surface area contributed by atoms with Crippen molar-refractivity contribution in [1.29, 1.82) is 0 Å². The number of benzene rings is 1. The van der Waals surface area contributed by atoms with E-state index in [2.05, 4.69) is 10.3 Å². The molecule has 2 aromatic rings. The van der Waals surface area contributed by atoms with Gasteiger partial charge < -0.3 is 5.73 Å². The maximum atomic E-state index is 6.18. The zero-order valence-electron chi connectivity index (χ0n) is 10.2. The first kappa shape index (κ1) is 13.3. The summed E-state index contributed by atoms with van der Waals surface area (Å²) in [5.41, 5.74) is 8.27. The van der Waals surface area contributed by atoms with Crippen LogP contribution in [0.1, 0.15) is 30.6 Å². The fourth-order valence-corrected chi connectivity index (χ4v) is 2.05. The van der Waals surface area contributed by atoms with Crippen LogP contribution >= 0.6 is 23.2 Å². The van der Waals surface area contributed by atoms with Crippen LogP contribution in [-0.4, -0.2) is 15.0 Å². The molecule has 1 unspecified atom stereocenters. The Hall–Kier alpha value is -1.10. The molecule has 2 rings (SSSR count). The van der Waals surface area contributed by atoms with E-state index in [4.69, 9.17) is 28.9 Å². The van der Waals surface area contributed by atoms with Gasteiger partial charge in [-0.3, -0.25) is 0 Å². The summed E-state index contributed by atoms with van der Waals surface area (Å²) in [6, 6.07) is 3.47. The topological polar surface area (TPSA) is 56.7 Å². The minimum atomic E-state index is -0.113. The number of halogens is 2. The lowest BCUT2D eigenvalue weighted by atomic mass is 10.2. The second kappa shape index (κ2) is 5.26. The van der Waals surface area contributed by atoms with E-state index in [-0.39, 0.29) is 6.04 Å². The second-order valence-corrected chi connectivity index (χ2v) is 4.97. The van der Waals surface area contributed by atoms with Gasteiger partial charge in [0.05, 0.1) is 28.6 Å². The molecular formula is C12H14Cl2N4. The molecule has 1 aromatic carbocycles. The fraction of sp³-hybridized carbons (Fsp3) is 0.333. The molecule has 0 aliphatic heterocycles. The van der Waals surface area contributed by atoms with Gasteiger partial charge in [-0.1, -0.05) is 35.3 Å². The number of aromatic nitrogens is 3. The summed E-state index contributed by atoms with van der Waals surface area (Å²) in [6.07, 6.45) is 2.59. The summed E-state index contributed by atoms with van der Waals surface area (Å²) in [6.45, 7) is 3.90. The van der Waals surface area contributed by atoms with Crippen LogP contribution in [0.25, 0.3) is 5.69 Å². The van der Waals surface area contributed by atoms with E-state index in [1.54, 1.807) is 23.0 Å². The van der Waals surface area contributed by atoms with Crippen molar-refractivity contribution in [3.05, 3.63) is 39.6 Å². The van der Waals surface area contributed by atoms with Gasteiger partial charge in [0.25, 0.3) is 0 Å². The Morgan fingerprint density at radius 2 is 2.06 bits per heavy atom. The van der Waals surface area contributed by atoms with Gasteiger partial charge in [0, 0.05) is 5.02 Å². The van der Waals surface area contributed by atoms with E-state index in [9.17, 15) is 0 Å². The minimum absolute atomic E-state index is 0.113. The summed E-state index contributed by atoms with van der Waals surface area (Å²) in [5.74, 6) is 0. The first-order chi connectivity index (χ1) is 8.52. The molecule has 1 atom stereocenters. The molecule has 0 saturated heterocycles. The van der Waals surface area contributed by atoms with Crippen LogP contribution < -0.4 is 5.73 Å². The quantitative estimate of drug-likeness (QED) is 0.941. The number of nitrogens with zero attached hydrogens (tertiary/aromatic N) is 3. The van der Waals surface area contributed by atoms with Crippen molar-refractivity contribution in [3.63, 3.8) is 0 Å². The van der Waals surface area contributed by atoms with Crippen LogP contribution in [0.5, 0.6) is 0 Å². The normalized spacial score (nSPS) is 12.7. The highest BCUT2D eigenvalue weighted by molar-refractivity contribution is 6.35. The van der Waals surface area contributed by atoms with Gasteiger partial charge in [0.2, 0.25) is 0 Å². The molecule has 96 valence electrons. The van der Waals surface area contributed by atoms with E-state index in [1.165, 1.54) is 0 Å². The average Bonchev–Trinajstić information content (AvgIpc) is 2.82. The molecule has 6 heteroatoms. The highest BCUT2D eigenvalue weighted by Gasteiger charge is 2.12. The maximum absolute atomic E-state index is 6.18. The first-order valence-electron chi connectivity index (χ1n) is 5.66. The van der Waals surface area contributed by atoms with Gasteiger partial charge in [-0.15, -0.1) is 5.10 Å².